The Hall–Kier alpha value is -1.95. The van der Waals surface area contributed by atoms with Gasteiger partial charge in [-0.1, -0.05) is 6.07 Å². The summed E-state index contributed by atoms with van der Waals surface area (Å²) < 4.78 is 1.74. The smallest absolute Gasteiger partial charge is 0.270 e. The Kier molecular flexibility index (Phi) is 3.29. The number of nitrogens with zero attached hydrogens (tertiary/aromatic N) is 4. The van der Waals surface area contributed by atoms with Gasteiger partial charge in [-0.2, -0.15) is 0 Å². The lowest BCUT2D eigenvalue weighted by atomic mass is 10.1. The summed E-state index contributed by atoms with van der Waals surface area (Å²) in [5.41, 5.74) is 1.62. The molecule has 0 aliphatic heterocycles. The highest BCUT2D eigenvalue weighted by atomic mass is 35.5. The lowest BCUT2D eigenvalue weighted by molar-refractivity contribution is -0.384. The monoisotopic (exact) mass is 266 g/mol. The molecule has 0 aliphatic carbocycles. The van der Waals surface area contributed by atoms with Gasteiger partial charge in [0.1, 0.15) is 5.82 Å². The number of hydrogen-bond donors (Lipinski definition) is 0. The van der Waals surface area contributed by atoms with Crippen LogP contribution in [-0.2, 0) is 12.9 Å². The topological polar surface area (TPSA) is 73.8 Å². The fourth-order valence-electron chi connectivity index (χ4n) is 1.68. The summed E-state index contributed by atoms with van der Waals surface area (Å²) in [5, 5.41) is 18.7. The normalized spacial score (nSPS) is 10.6. The van der Waals surface area contributed by atoms with Crippen molar-refractivity contribution < 1.29 is 4.92 Å². The van der Waals surface area contributed by atoms with Crippen LogP contribution in [-0.4, -0.2) is 19.7 Å². The molecule has 18 heavy (non-hydrogen) atoms. The first-order valence-corrected chi connectivity index (χ1v) is 5.77. The predicted octanol–water partition coefficient (Wildman–Crippen LogP) is 2.44. The first-order valence-electron chi connectivity index (χ1n) is 5.24. The molecule has 0 fully saturated rings. The van der Waals surface area contributed by atoms with Crippen LogP contribution in [0.15, 0.2) is 18.2 Å². The van der Waals surface area contributed by atoms with Crippen molar-refractivity contribution in [2.24, 2.45) is 7.05 Å². The van der Waals surface area contributed by atoms with E-state index in [-0.39, 0.29) is 11.6 Å². The molecule has 0 saturated carbocycles. The van der Waals surface area contributed by atoms with Crippen LogP contribution in [0.3, 0.4) is 0 Å². The molecule has 1 aromatic carbocycles. The van der Waals surface area contributed by atoms with E-state index in [2.05, 4.69) is 10.2 Å². The summed E-state index contributed by atoms with van der Waals surface area (Å²) in [5.74, 6) is 1.45. The van der Waals surface area contributed by atoms with Crippen LogP contribution in [0.2, 0.25) is 0 Å². The van der Waals surface area contributed by atoms with E-state index in [0.717, 1.165) is 5.56 Å². The number of halogens is 1. The highest BCUT2D eigenvalue weighted by Gasteiger charge is 2.15. The Morgan fingerprint density at radius 3 is 2.72 bits per heavy atom. The van der Waals surface area contributed by atoms with Crippen molar-refractivity contribution >= 4 is 17.3 Å². The highest BCUT2D eigenvalue weighted by molar-refractivity contribution is 6.16. The van der Waals surface area contributed by atoms with Gasteiger partial charge in [0, 0.05) is 24.7 Å². The Morgan fingerprint density at radius 1 is 1.44 bits per heavy atom. The highest BCUT2D eigenvalue weighted by Crippen LogP contribution is 2.26. The number of nitro groups is 1. The Balaban J connectivity index is 2.59. The second kappa shape index (κ2) is 4.73. The number of non-ortho nitro benzene ring substituents is 1. The Labute approximate surface area is 108 Å². The van der Waals surface area contributed by atoms with E-state index in [4.69, 9.17) is 11.6 Å². The van der Waals surface area contributed by atoms with Crippen molar-refractivity contribution in [1.82, 2.24) is 14.8 Å². The number of hydrogen-bond acceptors (Lipinski definition) is 4. The summed E-state index contributed by atoms with van der Waals surface area (Å²) in [6.07, 6.45) is 0. The van der Waals surface area contributed by atoms with Crippen molar-refractivity contribution in [2.75, 3.05) is 0 Å². The van der Waals surface area contributed by atoms with Crippen molar-refractivity contribution in [3.63, 3.8) is 0 Å². The SMILES string of the molecule is Cc1ccc([N+](=O)[O-])cc1-c1nnc(CCl)n1C. The minimum absolute atomic E-state index is 0.0334. The van der Waals surface area contributed by atoms with Crippen LogP contribution < -0.4 is 0 Å². The second-order valence-electron chi connectivity index (χ2n) is 3.89. The van der Waals surface area contributed by atoms with Gasteiger partial charge in [0.15, 0.2) is 5.82 Å². The van der Waals surface area contributed by atoms with Gasteiger partial charge in [-0.15, -0.1) is 21.8 Å². The summed E-state index contributed by atoms with van der Waals surface area (Å²) >= 11 is 5.72. The molecule has 0 aliphatic rings. The molecular formula is C11H11ClN4O2. The first kappa shape index (κ1) is 12.5. The van der Waals surface area contributed by atoms with E-state index in [1.54, 1.807) is 17.7 Å². The van der Waals surface area contributed by atoms with E-state index in [0.29, 0.717) is 17.2 Å². The van der Waals surface area contributed by atoms with Crippen molar-refractivity contribution in [3.05, 3.63) is 39.7 Å². The zero-order valence-electron chi connectivity index (χ0n) is 9.92. The van der Waals surface area contributed by atoms with Gasteiger partial charge < -0.3 is 4.57 Å². The molecule has 2 aromatic rings. The molecule has 0 radical (unpaired) electrons. The maximum absolute atomic E-state index is 10.8. The van der Waals surface area contributed by atoms with Crippen LogP contribution in [0, 0.1) is 17.0 Å². The third-order valence-electron chi connectivity index (χ3n) is 2.76. The van der Waals surface area contributed by atoms with Crippen molar-refractivity contribution in [2.45, 2.75) is 12.8 Å². The number of nitro benzene ring substituents is 1. The zero-order chi connectivity index (χ0) is 13.3. The molecule has 7 heteroatoms. The molecule has 6 nitrogen and oxygen atoms in total. The second-order valence-corrected chi connectivity index (χ2v) is 4.16. The average molecular weight is 267 g/mol. The molecule has 1 aromatic heterocycles. The van der Waals surface area contributed by atoms with Crippen LogP contribution in [0.1, 0.15) is 11.4 Å². The van der Waals surface area contributed by atoms with Gasteiger partial charge >= 0.3 is 0 Å². The van der Waals surface area contributed by atoms with Crippen molar-refractivity contribution in [1.29, 1.82) is 0 Å². The lowest BCUT2D eigenvalue weighted by Crippen LogP contribution is -1.99. The van der Waals surface area contributed by atoms with Crippen molar-refractivity contribution in [3.8, 4) is 11.4 Å². The van der Waals surface area contributed by atoms with Crippen LogP contribution >= 0.6 is 11.6 Å². The van der Waals surface area contributed by atoms with E-state index < -0.39 is 4.92 Å². The maximum Gasteiger partial charge on any atom is 0.270 e. The number of benzene rings is 1. The summed E-state index contributed by atoms with van der Waals surface area (Å²) in [4.78, 5) is 10.4. The number of aryl methyl sites for hydroxylation is 1. The molecule has 1 heterocycles. The molecule has 0 atom stereocenters. The van der Waals surface area contributed by atoms with Gasteiger partial charge in [0.05, 0.1) is 10.8 Å². The number of alkyl halides is 1. The van der Waals surface area contributed by atoms with Crippen LogP contribution in [0.4, 0.5) is 5.69 Å². The Morgan fingerprint density at radius 2 is 2.17 bits per heavy atom. The number of aromatic nitrogens is 3. The molecule has 0 spiro atoms. The fourth-order valence-corrected chi connectivity index (χ4v) is 1.91. The van der Waals surface area contributed by atoms with E-state index in [1.807, 2.05) is 6.92 Å². The van der Waals surface area contributed by atoms with E-state index in [9.17, 15) is 10.1 Å². The first-order chi connectivity index (χ1) is 8.54. The minimum atomic E-state index is -0.429. The van der Waals surface area contributed by atoms with Gasteiger partial charge in [-0.3, -0.25) is 10.1 Å². The molecular weight excluding hydrogens is 256 g/mol. The minimum Gasteiger partial charge on any atom is -0.313 e. The number of rotatable bonds is 3. The van der Waals surface area contributed by atoms with Crippen LogP contribution in [0.5, 0.6) is 0 Å². The predicted molar refractivity (Wildman–Crippen MR) is 67.4 cm³/mol. The lowest BCUT2D eigenvalue weighted by Gasteiger charge is -2.05. The van der Waals surface area contributed by atoms with Crippen LogP contribution in [0.25, 0.3) is 11.4 Å². The maximum atomic E-state index is 10.8. The molecule has 0 saturated heterocycles. The van der Waals surface area contributed by atoms with E-state index in [1.165, 1.54) is 12.1 Å². The van der Waals surface area contributed by atoms with Gasteiger partial charge in [0.2, 0.25) is 0 Å². The quantitative estimate of drug-likeness (QED) is 0.486. The molecule has 0 bridgehead atoms. The molecule has 0 unspecified atom stereocenters. The molecule has 2 rings (SSSR count). The summed E-state index contributed by atoms with van der Waals surface area (Å²) in [6, 6.07) is 4.66. The average Bonchev–Trinajstić information content (AvgIpc) is 2.70. The van der Waals surface area contributed by atoms with E-state index >= 15 is 0 Å². The summed E-state index contributed by atoms with van der Waals surface area (Å²) in [7, 11) is 1.78. The molecule has 94 valence electrons. The third kappa shape index (κ3) is 2.06. The zero-order valence-corrected chi connectivity index (χ0v) is 10.7. The third-order valence-corrected chi connectivity index (χ3v) is 3.00. The largest absolute Gasteiger partial charge is 0.313 e. The van der Waals surface area contributed by atoms with Gasteiger partial charge in [-0.05, 0) is 12.5 Å². The van der Waals surface area contributed by atoms with Gasteiger partial charge in [0.25, 0.3) is 5.69 Å². The standard InChI is InChI=1S/C11H11ClN4O2/c1-7-3-4-8(16(17)18)5-9(7)11-14-13-10(6-12)15(11)2/h3-5H,6H2,1-2H3. The molecule has 0 amide bonds. The fraction of sp³-hybridized carbons (Fsp3) is 0.273. The van der Waals surface area contributed by atoms with Gasteiger partial charge in [-0.25, -0.2) is 0 Å². The Bertz CT molecular complexity index is 609. The summed E-state index contributed by atoms with van der Waals surface area (Å²) in [6.45, 7) is 1.87. The molecule has 0 N–H and O–H groups in total.